The zero-order valence-corrected chi connectivity index (χ0v) is 8.92. The molecule has 0 saturated carbocycles. The summed E-state index contributed by atoms with van der Waals surface area (Å²) in [6, 6.07) is 0.613. The first-order valence-electron chi connectivity index (χ1n) is 3.95. The Labute approximate surface area is 86.2 Å². The van der Waals surface area contributed by atoms with Gasteiger partial charge >= 0.3 is 0 Å². The highest BCUT2D eigenvalue weighted by molar-refractivity contribution is 5.85. The van der Waals surface area contributed by atoms with Crippen molar-refractivity contribution < 1.29 is 4.84 Å². The van der Waals surface area contributed by atoms with Crippen molar-refractivity contribution in [2.45, 2.75) is 38.3 Å². The molecular weight excluding hydrogens is 199 g/mol. The number of rotatable bonds is 2. The maximum Gasteiger partial charge on any atom is 0.0814 e. The van der Waals surface area contributed by atoms with E-state index in [4.69, 9.17) is 10.7 Å². The minimum atomic E-state index is 0. The third-order valence-corrected chi connectivity index (χ3v) is 2.13. The smallest absolute Gasteiger partial charge is 0.0814 e. The molecule has 0 aromatic rings. The minimum absolute atomic E-state index is 0. The van der Waals surface area contributed by atoms with Crippen LogP contribution in [0.4, 0.5) is 0 Å². The molecule has 1 heterocycles. The van der Waals surface area contributed by atoms with Crippen LogP contribution in [0.1, 0.15) is 26.2 Å². The van der Waals surface area contributed by atoms with E-state index in [9.17, 15) is 0 Å². The van der Waals surface area contributed by atoms with Gasteiger partial charge in [-0.25, -0.2) is 5.90 Å². The highest BCUT2D eigenvalue weighted by Crippen LogP contribution is 2.12. The van der Waals surface area contributed by atoms with Crippen LogP contribution in [0.15, 0.2) is 0 Å². The van der Waals surface area contributed by atoms with Crippen LogP contribution in [0.25, 0.3) is 0 Å². The Hall–Kier alpha value is 0.460. The molecule has 1 aliphatic heterocycles. The highest BCUT2D eigenvalue weighted by Gasteiger charge is 2.19. The molecule has 76 valence electrons. The van der Waals surface area contributed by atoms with E-state index >= 15 is 0 Å². The minimum Gasteiger partial charge on any atom is -0.314 e. The number of halogens is 2. The van der Waals surface area contributed by atoms with Crippen molar-refractivity contribution in [2.75, 3.05) is 6.54 Å². The molecule has 1 fully saturated rings. The van der Waals surface area contributed by atoms with Crippen molar-refractivity contribution in [3.63, 3.8) is 0 Å². The summed E-state index contributed by atoms with van der Waals surface area (Å²) < 4.78 is 0. The van der Waals surface area contributed by atoms with Crippen LogP contribution >= 0.6 is 24.8 Å². The standard InChI is InChI=1S/C7H16N2O.2ClH/c1-2-6-5-7(10-8)3-4-9-6;;/h6-7,9H,2-5,8H2,1H3;2*1H. The summed E-state index contributed by atoms with van der Waals surface area (Å²) in [5.41, 5.74) is 0. The van der Waals surface area contributed by atoms with Gasteiger partial charge in [0.2, 0.25) is 0 Å². The number of hydrogen-bond donors (Lipinski definition) is 2. The fraction of sp³-hybridized carbons (Fsp3) is 1.00. The first kappa shape index (κ1) is 15.0. The maximum absolute atomic E-state index is 5.09. The summed E-state index contributed by atoms with van der Waals surface area (Å²) >= 11 is 0. The number of hydrogen-bond acceptors (Lipinski definition) is 3. The van der Waals surface area contributed by atoms with E-state index in [1.807, 2.05) is 0 Å². The fourth-order valence-electron chi connectivity index (χ4n) is 1.40. The van der Waals surface area contributed by atoms with E-state index in [1.54, 1.807) is 0 Å². The Bertz CT molecular complexity index is 95.4. The van der Waals surface area contributed by atoms with E-state index in [1.165, 1.54) is 6.42 Å². The van der Waals surface area contributed by atoms with Crippen LogP contribution in [0.5, 0.6) is 0 Å². The monoisotopic (exact) mass is 216 g/mol. The van der Waals surface area contributed by atoms with Crippen LogP contribution < -0.4 is 11.2 Å². The Morgan fingerprint density at radius 2 is 2.17 bits per heavy atom. The summed E-state index contributed by atoms with van der Waals surface area (Å²) in [5, 5.41) is 3.40. The van der Waals surface area contributed by atoms with Crippen molar-refractivity contribution in [2.24, 2.45) is 5.90 Å². The molecule has 2 unspecified atom stereocenters. The zero-order chi connectivity index (χ0) is 7.40. The van der Waals surface area contributed by atoms with Crippen LogP contribution in [0.3, 0.4) is 0 Å². The van der Waals surface area contributed by atoms with E-state index in [0.29, 0.717) is 6.04 Å². The van der Waals surface area contributed by atoms with Crippen molar-refractivity contribution in [3.8, 4) is 0 Å². The first-order chi connectivity index (χ1) is 4.86. The highest BCUT2D eigenvalue weighted by atomic mass is 35.5. The molecule has 1 rings (SSSR count). The van der Waals surface area contributed by atoms with Crippen molar-refractivity contribution in [1.82, 2.24) is 5.32 Å². The van der Waals surface area contributed by atoms with Crippen molar-refractivity contribution in [1.29, 1.82) is 0 Å². The van der Waals surface area contributed by atoms with E-state index in [0.717, 1.165) is 19.4 Å². The first-order valence-corrected chi connectivity index (χ1v) is 3.95. The molecule has 0 aromatic carbocycles. The van der Waals surface area contributed by atoms with Gasteiger partial charge in [0.05, 0.1) is 6.10 Å². The topological polar surface area (TPSA) is 47.3 Å². The average Bonchev–Trinajstić information content (AvgIpc) is 2.05. The van der Waals surface area contributed by atoms with Gasteiger partial charge in [0.1, 0.15) is 0 Å². The lowest BCUT2D eigenvalue weighted by molar-refractivity contribution is 0.0209. The van der Waals surface area contributed by atoms with Crippen LogP contribution in [0, 0.1) is 0 Å². The molecule has 3 N–H and O–H groups in total. The second-order valence-corrected chi connectivity index (χ2v) is 2.84. The number of nitrogens with one attached hydrogen (secondary N) is 1. The molecule has 5 heteroatoms. The lowest BCUT2D eigenvalue weighted by Gasteiger charge is -2.27. The molecule has 2 atom stereocenters. The maximum atomic E-state index is 5.09. The predicted molar refractivity (Wildman–Crippen MR) is 54.9 cm³/mol. The average molecular weight is 217 g/mol. The largest absolute Gasteiger partial charge is 0.314 e. The summed E-state index contributed by atoms with van der Waals surface area (Å²) in [6.45, 7) is 3.22. The predicted octanol–water partition coefficient (Wildman–Crippen LogP) is 1.25. The summed E-state index contributed by atoms with van der Waals surface area (Å²) in [7, 11) is 0. The molecule has 0 radical (unpaired) electrons. The summed E-state index contributed by atoms with van der Waals surface area (Å²) in [6.07, 6.45) is 3.56. The summed E-state index contributed by atoms with van der Waals surface area (Å²) in [5.74, 6) is 5.09. The third kappa shape index (κ3) is 4.48. The van der Waals surface area contributed by atoms with E-state index in [2.05, 4.69) is 12.2 Å². The quantitative estimate of drug-likeness (QED) is 0.684. The van der Waals surface area contributed by atoms with Gasteiger partial charge in [-0.05, 0) is 25.8 Å². The van der Waals surface area contributed by atoms with E-state index in [-0.39, 0.29) is 30.9 Å². The molecule has 1 aliphatic rings. The lowest BCUT2D eigenvalue weighted by atomic mass is 10.0. The Kier molecular flexibility index (Phi) is 10.1. The second-order valence-electron chi connectivity index (χ2n) is 2.84. The van der Waals surface area contributed by atoms with Gasteiger partial charge in [-0.2, -0.15) is 0 Å². The molecule has 12 heavy (non-hydrogen) atoms. The van der Waals surface area contributed by atoms with Crippen LogP contribution in [-0.4, -0.2) is 18.7 Å². The third-order valence-electron chi connectivity index (χ3n) is 2.13. The molecule has 0 aromatic heterocycles. The number of nitrogens with two attached hydrogens (primary N) is 1. The Morgan fingerprint density at radius 1 is 1.50 bits per heavy atom. The van der Waals surface area contributed by atoms with Crippen LogP contribution in [0.2, 0.25) is 0 Å². The normalized spacial score (nSPS) is 28.5. The van der Waals surface area contributed by atoms with Crippen molar-refractivity contribution in [3.05, 3.63) is 0 Å². The molecule has 1 saturated heterocycles. The summed E-state index contributed by atoms with van der Waals surface area (Å²) in [4.78, 5) is 4.78. The molecule has 3 nitrogen and oxygen atoms in total. The molecule has 0 aliphatic carbocycles. The Morgan fingerprint density at radius 3 is 2.67 bits per heavy atom. The molecule has 0 amide bonds. The fourth-order valence-corrected chi connectivity index (χ4v) is 1.40. The van der Waals surface area contributed by atoms with Gasteiger partial charge in [0.15, 0.2) is 0 Å². The molecular formula is C7H18Cl2N2O. The number of piperidine rings is 1. The van der Waals surface area contributed by atoms with Gasteiger partial charge in [0.25, 0.3) is 0 Å². The molecule has 0 spiro atoms. The van der Waals surface area contributed by atoms with Gasteiger partial charge in [-0.15, -0.1) is 24.8 Å². The second kappa shape index (κ2) is 8.08. The molecule has 0 bridgehead atoms. The lowest BCUT2D eigenvalue weighted by Crippen LogP contribution is -2.41. The van der Waals surface area contributed by atoms with Crippen LogP contribution in [-0.2, 0) is 4.84 Å². The van der Waals surface area contributed by atoms with Gasteiger partial charge in [0, 0.05) is 6.04 Å². The van der Waals surface area contributed by atoms with Gasteiger partial charge in [-0.1, -0.05) is 6.92 Å². The SMILES string of the molecule is CCC1CC(ON)CCN1.Cl.Cl. The zero-order valence-electron chi connectivity index (χ0n) is 7.29. The van der Waals surface area contributed by atoms with Gasteiger partial charge < -0.3 is 10.2 Å². The van der Waals surface area contributed by atoms with Crippen molar-refractivity contribution >= 4 is 24.8 Å². The van der Waals surface area contributed by atoms with Gasteiger partial charge in [-0.3, -0.25) is 0 Å². The Balaban J connectivity index is 0. The van der Waals surface area contributed by atoms with E-state index < -0.39 is 0 Å².